The third-order valence-electron chi connectivity index (χ3n) is 5.27. The highest BCUT2D eigenvalue weighted by molar-refractivity contribution is 7.99. The predicted octanol–water partition coefficient (Wildman–Crippen LogP) is 1.52. The highest BCUT2D eigenvalue weighted by Crippen LogP contribution is 2.21. The number of morpholine rings is 1. The van der Waals surface area contributed by atoms with Gasteiger partial charge in [-0.1, -0.05) is 12.1 Å². The van der Waals surface area contributed by atoms with Crippen LogP contribution in [-0.2, 0) is 21.3 Å². The number of anilines is 1. The smallest absolute Gasteiger partial charge is 0.268 e. The summed E-state index contributed by atoms with van der Waals surface area (Å²) in [7, 11) is -3.56. The molecule has 2 fully saturated rings. The SMILES string of the molecule is O=C(NCc1ccc(N2CCOCC2)cc1)c1cc(S(=O)(=O)N2CCSCC2)c[nH]1. The number of nitrogens with one attached hydrogen (secondary N) is 2. The fraction of sp³-hybridized carbons (Fsp3) is 0.450. The largest absolute Gasteiger partial charge is 0.378 e. The minimum atomic E-state index is -3.56. The molecule has 0 saturated carbocycles. The number of nitrogens with zero attached hydrogens (tertiary/aromatic N) is 2. The van der Waals surface area contributed by atoms with Gasteiger partial charge in [-0.3, -0.25) is 4.79 Å². The lowest BCUT2D eigenvalue weighted by molar-refractivity contribution is 0.0946. The Morgan fingerprint density at radius 3 is 2.50 bits per heavy atom. The van der Waals surface area contributed by atoms with Gasteiger partial charge in [0.05, 0.1) is 13.2 Å². The first-order valence-corrected chi connectivity index (χ1v) is 12.6. The molecule has 2 aromatic rings. The van der Waals surface area contributed by atoms with Gasteiger partial charge in [-0.2, -0.15) is 16.1 Å². The van der Waals surface area contributed by atoms with Gasteiger partial charge in [-0.25, -0.2) is 8.42 Å². The average Bonchev–Trinajstić information content (AvgIpc) is 3.30. The van der Waals surface area contributed by atoms with Crippen molar-refractivity contribution in [2.45, 2.75) is 11.4 Å². The normalized spacial score (nSPS) is 18.3. The van der Waals surface area contributed by atoms with Gasteiger partial charge in [0.1, 0.15) is 10.6 Å². The molecule has 2 saturated heterocycles. The van der Waals surface area contributed by atoms with Gasteiger partial charge in [-0.05, 0) is 23.8 Å². The topological polar surface area (TPSA) is 94.7 Å². The molecule has 4 rings (SSSR count). The molecular weight excluding hydrogens is 424 g/mol. The Kier molecular flexibility index (Phi) is 6.67. The summed E-state index contributed by atoms with van der Waals surface area (Å²) < 4.78 is 32.3. The number of amides is 1. The number of hydrogen-bond acceptors (Lipinski definition) is 6. The molecule has 0 unspecified atom stereocenters. The van der Waals surface area contributed by atoms with Crippen molar-refractivity contribution in [2.75, 3.05) is 55.8 Å². The summed E-state index contributed by atoms with van der Waals surface area (Å²) in [5.74, 6) is 1.26. The lowest BCUT2D eigenvalue weighted by Gasteiger charge is -2.28. The second kappa shape index (κ2) is 9.42. The number of rotatable bonds is 6. The number of hydrogen-bond donors (Lipinski definition) is 2. The zero-order valence-corrected chi connectivity index (χ0v) is 18.3. The lowest BCUT2D eigenvalue weighted by atomic mass is 10.2. The quantitative estimate of drug-likeness (QED) is 0.693. The lowest BCUT2D eigenvalue weighted by Crippen LogP contribution is -2.37. The number of thioether (sulfide) groups is 1. The number of H-pyrrole nitrogens is 1. The molecule has 162 valence electrons. The van der Waals surface area contributed by atoms with Gasteiger partial charge >= 0.3 is 0 Å². The molecule has 30 heavy (non-hydrogen) atoms. The molecule has 1 aromatic heterocycles. The minimum absolute atomic E-state index is 0.134. The number of aromatic amines is 1. The van der Waals surface area contributed by atoms with Gasteiger partial charge < -0.3 is 19.9 Å². The Labute approximate surface area is 181 Å². The van der Waals surface area contributed by atoms with Crippen LogP contribution < -0.4 is 10.2 Å². The number of benzene rings is 1. The molecule has 0 atom stereocenters. The second-order valence-electron chi connectivity index (χ2n) is 7.21. The maximum Gasteiger partial charge on any atom is 0.268 e. The molecule has 0 bridgehead atoms. The summed E-state index contributed by atoms with van der Waals surface area (Å²) in [5, 5.41) is 2.84. The first-order chi connectivity index (χ1) is 14.5. The first-order valence-electron chi connectivity index (χ1n) is 10.0. The second-order valence-corrected chi connectivity index (χ2v) is 10.4. The number of aromatic nitrogens is 1. The maximum absolute atomic E-state index is 12.7. The molecule has 1 amide bonds. The van der Waals surface area contributed by atoms with Crippen LogP contribution in [0.2, 0.25) is 0 Å². The van der Waals surface area contributed by atoms with Crippen LogP contribution in [0, 0.1) is 0 Å². The monoisotopic (exact) mass is 450 g/mol. The number of ether oxygens (including phenoxy) is 1. The van der Waals surface area contributed by atoms with Crippen molar-refractivity contribution in [3.8, 4) is 0 Å². The van der Waals surface area contributed by atoms with E-state index < -0.39 is 10.0 Å². The van der Waals surface area contributed by atoms with Crippen LogP contribution in [0.25, 0.3) is 0 Å². The minimum Gasteiger partial charge on any atom is -0.378 e. The van der Waals surface area contributed by atoms with Crippen molar-refractivity contribution >= 4 is 33.4 Å². The summed E-state index contributed by atoms with van der Waals surface area (Å²) in [5.41, 5.74) is 2.36. The Morgan fingerprint density at radius 2 is 1.80 bits per heavy atom. The van der Waals surface area contributed by atoms with Crippen LogP contribution in [0.3, 0.4) is 0 Å². The van der Waals surface area contributed by atoms with E-state index in [0.717, 1.165) is 49.1 Å². The summed E-state index contributed by atoms with van der Waals surface area (Å²) in [6.07, 6.45) is 1.39. The molecule has 1 aromatic carbocycles. The fourth-order valence-electron chi connectivity index (χ4n) is 3.51. The summed E-state index contributed by atoms with van der Waals surface area (Å²) in [4.78, 5) is 17.7. The van der Waals surface area contributed by atoms with E-state index >= 15 is 0 Å². The maximum atomic E-state index is 12.7. The van der Waals surface area contributed by atoms with Crippen LogP contribution in [0.4, 0.5) is 5.69 Å². The molecule has 2 aliphatic heterocycles. The number of carbonyl (C=O) groups is 1. The van der Waals surface area contributed by atoms with Crippen molar-refractivity contribution in [1.29, 1.82) is 0 Å². The van der Waals surface area contributed by atoms with Crippen LogP contribution in [0.15, 0.2) is 41.4 Å². The van der Waals surface area contributed by atoms with Gasteiger partial charge in [-0.15, -0.1) is 0 Å². The third-order valence-corrected chi connectivity index (χ3v) is 8.09. The molecule has 2 aliphatic rings. The van der Waals surface area contributed by atoms with Crippen molar-refractivity contribution in [2.24, 2.45) is 0 Å². The molecule has 2 N–H and O–H groups in total. The van der Waals surface area contributed by atoms with Crippen molar-refractivity contribution in [3.63, 3.8) is 0 Å². The van der Waals surface area contributed by atoms with Crippen LogP contribution in [-0.4, -0.2) is 74.5 Å². The van der Waals surface area contributed by atoms with E-state index in [4.69, 9.17) is 4.74 Å². The summed E-state index contributed by atoms with van der Waals surface area (Å²) in [6, 6.07) is 9.48. The highest BCUT2D eigenvalue weighted by atomic mass is 32.2. The molecule has 0 radical (unpaired) electrons. The molecule has 8 nitrogen and oxygen atoms in total. The Bertz CT molecular complexity index is 963. The Hall–Kier alpha value is -2.01. The van der Waals surface area contributed by atoms with Crippen LogP contribution in [0.1, 0.15) is 16.1 Å². The number of carbonyl (C=O) groups excluding carboxylic acids is 1. The van der Waals surface area contributed by atoms with E-state index in [1.165, 1.54) is 16.6 Å². The standard InChI is InChI=1S/C20H26N4O4S2/c25-20(19-13-18(15-21-19)30(26,27)24-7-11-29-12-8-24)22-14-16-1-3-17(4-2-16)23-5-9-28-10-6-23/h1-4,13,15,21H,5-12,14H2,(H,22,25). The zero-order valence-electron chi connectivity index (χ0n) is 16.7. The van der Waals surface area contributed by atoms with Gasteiger partial charge in [0.2, 0.25) is 10.0 Å². The van der Waals surface area contributed by atoms with E-state index in [9.17, 15) is 13.2 Å². The molecule has 10 heteroatoms. The van der Waals surface area contributed by atoms with Crippen LogP contribution >= 0.6 is 11.8 Å². The van der Waals surface area contributed by atoms with Crippen molar-refractivity contribution in [3.05, 3.63) is 47.8 Å². The predicted molar refractivity (Wildman–Crippen MR) is 118 cm³/mol. The van der Waals surface area contributed by atoms with Gasteiger partial charge in [0.25, 0.3) is 5.91 Å². The van der Waals surface area contributed by atoms with E-state index in [-0.39, 0.29) is 16.5 Å². The summed E-state index contributed by atoms with van der Waals surface area (Å²) in [6.45, 7) is 4.60. The zero-order chi connectivity index (χ0) is 21.0. The molecule has 0 aliphatic carbocycles. The molecule has 0 spiro atoms. The van der Waals surface area contributed by atoms with E-state index in [1.54, 1.807) is 11.8 Å². The van der Waals surface area contributed by atoms with Gasteiger partial charge in [0, 0.05) is 56.1 Å². The fourth-order valence-corrected chi connectivity index (χ4v) is 6.08. The Balaban J connectivity index is 1.34. The summed E-state index contributed by atoms with van der Waals surface area (Å²) >= 11 is 1.75. The van der Waals surface area contributed by atoms with E-state index in [2.05, 4.69) is 15.2 Å². The van der Waals surface area contributed by atoms with Gasteiger partial charge in [0.15, 0.2) is 0 Å². The molecule has 3 heterocycles. The molecular formula is C20H26N4O4S2. The van der Waals surface area contributed by atoms with E-state index in [0.29, 0.717) is 19.6 Å². The third kappa shape index (κ3) is 4.83. The highest BCUT2D eigenvalue weighted by Gasteiger charge is 2.27. The Morgan fingerprint density at radius 1 is 1.10 bits per heavy atom. The first kappa shape index (κ1) is 21.2. The number of sulfonamides is 1. The average molecular weight is 451 g/mol. The van der Waals surface area contributed by atoms with Crippen molar-refractivity contribution in [1.82, 2.24) is 14.6 Å². The van der Waals surface area contributed by atoms with Crippen LogP contribution in [0.5, 0.6) is 0 Å². The van der Waals surface area contributed by atoms with Crippen molar-refractivity contribution < 1.29 is 17.9 Å². The van der Waals surface area contributed by atoms with E-state index in [1.807, 2.05) is 24.3 Å².